The maximum atomic E-state index is 13.1. The number of thioether (sulfide) groups is 2. The standard InChI is InChI=1S/C21H17Cl2N3O4S4/c1-3-24-12-7-10(22)11(23)8-14(12)32-15(24)6-5-13-18(29)26(9-16(27)28)20(33-13)17-19(30)25(4-2)21(31)34-17/h5-8H,3-4,9H2,1-2H3,(H,27,28)/b13-5+,15-6-,20-17-. The van der Waals surface area contributed by atoms with E-state index in [1.807, 2.05) is 17.9 Å². The Hall–Kier alpha value is -1.76. The number of rotatable bonds is 5. The van der Waals surface area contributed by atoms with Gasteiger partial charge in [0.1, 0.15) is 20.4 Å². The number of benzene rings is 1. The fourth-order valence-corrected chi connectivity index (χ4v) is 7.59. The van der Waals surface area contributed by atoms with Gasteiger partial charge in [0.05, 0.1) is 25.3 Å². The van der Waals surface area contributed by atoms with Gasteiger partial charge in [-0.2, -0.15) is 0 Å². The highest BCUT2D eigenvalue weighted by Crippen LogP contribution is 2.48. The predicted octanol–water partition coefficient (Wildman–Crippen LogP) is 3.54. The number of carbonyl (C=O) groups excluding carboxylic acids is 1. The molecule has 1 saturated heterocycles. The quantitative estimate of drug-likeness (QED) is 0.544. The molecule has 2 aliphatic rings. The van der Waals surface area contributed by atoms with Crippen LogP contribution in [0.3, 0.4) is 0 Å². The van der Waals surface area contributed by atoms with E-state index in [1.54, 1.807) is 25.1 Å². The molecule has 1 N–H and O–H groups in total. The van der Waals surface area contributed by atoms with Crippen molar-refractivity contribution in [3.8, 4) is 0 Å². The van der Waals surface area contributed by atoms with E-state index in [2.05, 4.69) is 0 Å². The highest BCUT2D eigenvalue weighted by molar-refractivity contribution is 8.30. The Labute approximate surface area is 222 Å². The first-order valence-electron chi connectivity index (χ1n) is 10.0. The van der Waals surface area contributed by atoms with Crippen LogP contribution in [0.4, 0.5) is 5.69 Å². The number of halogens is 2. The van der Waals surface area contributed by atoms with Crippen LogP contribution in [0.5, 0.6) is 0 Å². The number of thiazole rings is 1. The van der Waals surface area contributed by atoms with Crippen molar-refractivity contribution in [1.29, 1.82) is 0 Å². The maximum absolute atomic E-state index is 13.1. The van der Waals surface area contributed by atoms with Crippen LogP contribution in [-0.2, 0) is 16.1 Å². The minimum atomic E-state index is -1.18. The van der Waals surface area contributed by atoms with Crippen molar-refractivity contribution in [2.24, 2.45) is 0 Å². The van der Waals surface area contributed by atoms with Crippen LogP contribution in [0, 0.1) is 0 Å². The number of nitrogens with zero attached hydrogens (tertiary/aromatic N) is 3. The van der Waals surface area contributed by atoms with Gasteiger partial charge in [0, 0.05) is 18.0 Å². The third kappa shape index (κ3) is 4.57. The highest BCUT2D eigenvalue weighted by Gasteiger charge is 2.33. The van der Waals surface area contributed by atoms with Crippen molar-refractivity contribution in [3.63, 3.8) is 0 Å². The van der Waals surface area contributed by atoms with Gasteiger partial charge < -0.3 is 10.0 Å². The molecule has 0 radical (unpaired) electrons. The lowest BCUT2D eigenvalue weighted by atomic mass is 10.3. The number of hydrogen-bond acceptors (Lipinski definition) is 8. The summed E-state index contributed by atoms with van der Waals surface area (Å²) in [6.45, 7) is 4.31. The molecule has 2 aliphatic heterocycles. The minimum Gasteiger partial charge on any atom is -0.480 e. The van der Waals surface area contributed by atoms with E-state index in [0.29, 0.717) is 36.7 Å². The zero-order chi connectivity index (χ0) is 24.7. The largest absolute Gasteiger partial charge is 0.480 e. The molecule has 1 aromatic carbocycles. The molecule has 0 aliphatic carbocycles. The Morgan fingerprint density at radius 2 is 1.76 bits per heavy atom. The average molecular weight is 575 g/mol. The normalized spacial score (nSPS) is 19.1. The smallest absolute Gasteiger partial charge is 0.323 e. The molecule has 7 nitrogen and oxygen atoms in total. The van der Waals surface area contributed by atoms with Crippen LogP contribution < -0.4 is 19.7 Å². The Balaban J connectivity index is 1.84. The summed E-state index contributed by atoms with van der Waals surface area (Å²) in [6, 6.07) is 3.61. The average Bonchev–Trinajstić information content (AvgIpc) is 3.37. The van der Waals surface area contributed by atoms with Gasteiger partial charge in [0.25, 0.3) is 11.5 Å². The van der Waals surface area contributed by atoms with E-state index >= 15 is 0 Å². The van der Waals surface area contributed by atoms with Crippen LogP contribution in [0.25, 0.3) is 11.0 Å². The summed E-state index contributed by atoms with van der Waals surface area (Å²) in [5.41, 5.74) is 0.448. The molecule has 0 unspecified atom stereocenters. The second-order valence-electron chi connectivity index (χ2n) is 7.05. The first-order valence-corrected chi connectivity index (χ1v) is 13.6. The van der Waals surface area contributed by atoms with E-state index in [9.17, 15) is 19.5 Å². The lowest BCUT2D eigenvalue weighted by Gasteiger charge is -2.17. The molecule has 1 amide bonds. The zero-order valence-corrected chi connectivity index (χ0v) is 22.6. The lowest BCUT2D eigenvalue weighted by molar-refractivity contribution is -0.137. The third-order valence-electron chi connectivity index (χ3n) is 5.03. The summed E-state index contributed by atoms with van der Waals surface area (Å²) in [5, 5.41) is 11.1. The zero-order valence-electron chi connectivity index (χ0n) is 17.8. The summed E-state index contributed by atoms with van der Waals surface area (Å²) in [4.78, 5) is 42.0. The van der Waals surface area contributed by atoms with Crippen LogP contribution in [0.2, 0.25) is 10.0 Å². The first kappa shape index (κ1) is 25.3. The Kier molecular flexibility index (Phi) is 7.51. The SMILES string of the molecule is CCN1C(=O)/C(=c2/s/c(=C/C=C3\Sc4cc(Cl)c(Cl)cc4N3CC)c(=O)n2CC(=O)O)SC1=S. The molecule has 1 aromatic heterocycles. The number of hydrogen-bond donors (Lipinski definition) is 1. The van der Waals surface area contributed by atoms with Crippen LogP contribution in [-0.4, -0.2) is 43.9 Å². The van der Waals surface area contributed by atoms with Crippen LogP contribution in [0.1, 0.15) is 13.8 Å². The minimum absolute atomic E-state index is 0.268. The fourth-order valence-electron chi connectivity index (χ4n) is 3.48. The molecule has 0 atom stereocenters. The summed E-state index contributed by atoms with van der Waals surface area (Å²) in [7, 11) is 0. The number of carbonyl (C=O) groups is 2. The van der Waals surface area contributed by atoms with Crippen molar-refractivity contribution in [2.75, 3.05) is 18.0 Å². The molecule has 1 fully saturated rings. The van der Waals surface area contributed by atoms with Crippen molar-refractivity contribution in [1.82, 2.24) is 9.47 Å². The van der Waals surface area contributed by atoms with Gasteiger partial charge in [-0.3, -0.25) is 23.9 Å². The fraction of sp³-hybridized carbons (Fsp3) is 0.238. The molecule has 0 saturated carbocycles. The summed E-state index contributed by atoms with van der Waals surface area (Å²) >= 11 is 21.3. The monoisotopic (exact) mass is 573 g/mol. The number of carboxylic acids is 1. The molecule has 13 heteroatoms. The van der Waals surface area contributed by atoms with E-state index < -0.39 is 18.1 Å². The van der Waals surface area contributed by atoms with Gasteiger partial charge in [-0.05, 0) is 38.1 Å². The molecular weight excluding hydrogens is 557 g/mol. The summed E-state index contributed by atoms with van der Waals surface area (Å²) in [5.74, 6) is -1.50. The second-order valence-corrected chi connectivity index (χ2v) is 11.6. The molecule has 178 valence electrons. The lowest BCUT2D eigenvalue weighted by Crippen LogP contribution is -2.35. The van der Waals surface area contributed by atoms with Crippen LogP contribution in [0.15, 0.2) is 32.9 Å². The number of aromatic nitrogens is 1. The predicted molar refractivity (Wildman–Crippen MR) is 144 cm³/mol. The molecule has 3 heterocycles. The first-order chi connectivity index (χ1) is 16.2. The number of aliphatic carboxylic acids is 1. The number of fused-ring (bicyclic) bond motifs is 1. The Morgan fingerprint density at radius 3 is 2.38 bits per heavy atom. The van der Waals surface area contributed by atoms with E-state index in [1.165, 1.54) is 16.7 Å². The van der Waals surface area contributed by atoms with Gasteiger partial charge in [0.15, 0.2) is 0 Å². The van der Waals surface area contributed by atoms with Gasteiger partial charge in [-0.25, -0.2) is 0 Å². The number of amides is 1. The summed E-state index contributed by atoms with van der Waals surface area (Å²) < 4.78 is 2.11. The Bertz CT molecular complexity index is 1450. The summed E-state index contributed by atoms with van der Waals surface area (Å²) in [6.07, 6.45) is 3.45. The molecular formula is C21H17Cl2N3O4S4. The van der Waals surface area contributed by atoms with E-state index in [-0.39, 0.29) is 10.8 Å². The second kappa shape index (κ2) is 10.1. The Morgan fingerprint density at radius 1 is 1.09 bits per heavy atom. The van der Waals surface area contributed by atoms with Crippen molar-refractivity contribution in [2.45, 2.75) is 25.3 Å². The van der Waals surface area contributed by atoms with Crippen LogP contribution >= 0.6 is 70.3 Å². The number of thiocarbonyl (C=S) groups is 1. The van der Waals surface area contributed by atoms with Crippen molar-refractivity contribution >= 4 is 103 Å². The van der Waals surface area contributed by atoms with E-state index in [0.717, 1.165) is 43.3 Å². The van der Waals surface area contributed by atoms with Crippen molar-refractivity contribution in [3.05, 3.63) is 52.8 Å². The van der Waals surface area contributed by atoms with Gasteiger partial charge in [-0.15, -0.1) is 11.3 Å². The third-order valence-corrected chi connectivity index (χ3v) is 9.58. The number of allylic oxidation sites excluding steroid dienone is 1. The van der Waals surface area contributed by atoms with Gasteiger partial charge in [0.2, 0.25) is 0 Å². The maximum Gasteiger partial charge on any atom is 0.323 e. The van der Waals surface area contributed by atoms with Gasteiger partial charge >= 0.3 is 5.97 Å². The number of anilines is 1. The molecule has 2 aromatic rings. The van der Waals surface area contributed by atoms with E-state index in [4.69, 9.17) is 35.4 Å². The van der Waals surface area contributed by atoms with Crippen molar-refractivity contribution < 1.29 is 14.7 Å². The van der Waals surface area contributed by atoms with Gasteiger partial charge in [-0.1, -0.05) is 58.9 Å². The number of carboxylic acid groups (broad SMARTS) is 1. The molecule has 0 bridgehead atoms. The molecule has 4 rings (SSSR count). The highest BCUT2D eigenvalue weighted by atomic mass is 35.5. The topological polar surface area (TPSA) is 82.9 Å². The molecule has 34 heavy (non-hydrogen) atoms. The molecule has 0 spiro atoms.